The number of aromatic nitrogens is 2. The maximum Gasteiger partial charge on any atom is 0.292 e. The Bertz CT molecular complexity index is 1060. The van der Waals surface area contributed by atoms with Crippen LogP contribution in [0, 0.1) is 0 Å². The van der Waals surface area contributed by atoms with E-state index in [2.05, 4.69) is 20.7 Å². The van der Waals surface area contributed by atoms with Crippen LogP contribution in [0.25, 0.3) is 10.8 Å². The van der Waals surface area contributed by atoms with Crippen LogP contribution in [0.1, 0.15) is 26.4 Å². The Hall–Kier alpha value is -3.81. The van der Waals surface area contributed by atoms with E-state index in [0.717, 1.165) is 0 Å². The molecular formula is C17H11N4O4-. The largest absolute Gasteiger partial charge is 0.545 e. The van der Waals surface area contributed by atoms with Gasteiger partial charge in [-0.15, -0.1) is 0 Å². The molecule has 0 saturated carbocycles. The van der Waals surface area contributed by atoms with E-state index in [-0.39, 0.29) is 16.8 Å². The number of hydrogen-bond acceptors (Lipinski definition) is 6. The highest BCUT2D eigenvalue weighted by Crippen LogP contribution is 2.12. The fourth-order valence-corrected chi connectivity index (χ4v) is 2.30. The van der Waals surface area contributed by atoms with Crippen LogP contribution in [0.15, 0.2) is 58.4 Å². The molecule has 1 heterocycles. The third-order valence-electron chi connectivity index (χ3n) is 3.46. The van der Waals surface area contributed by atoms with Gasteiger partial charge in [-0.3, -0.25) is 9.59 Å². The van der Waals surface area contributed by atoms with Crippen molar-refractivity contribution in [2.45, 2.75) is 0 Å². The quantitative estimate of drug-likeness (QED) is 0.514. The summed E-state index contributed by atoms with van der Waals surface area (Å²) in [6.07, 6.45) is 1.19. The number of benzene rings is 2. The van der Waals surface area contributed by atoms with Crippen molar-refractivity contribution in [3.8, 4) is 0 Å². The molecule has 0 bridgehead atoms. The maximum atomic E-state index is 12.2. The monoisotopic (exact) mass is 335 g/mol. The van der Waals surface area contributed by atoms with E-state index in [1.807, 2.05) is 0 Å². The number of hydrazone groups is 1. The first kappa shape index (κ1) is 16.1. The summed E-state index contributed by atoms with van der Waals surface area (Å²) in [4.78, 5) is 35.0. The lowest BCUT2D eigenvalue weighted by atomic mass is 10.1. The van der Waals surface area contributed by atoms with Crippen molar-refractivity contribution in [2.75, 3.05) is 0 Å². The van der Waals surface area contributed by atoms with Gasteiger partial charge in [0.1, 0.15) is 0 Å². The molecule has 3 rings (SSSR count). The molecule has 0 aliphatic carbocycles. The van der Waals surface area contributed by atoms with Crippen molar-refractivity contribution >= 4 is 28.9 Å². The van der Waals surface area contributed by atoms with Crippen LogP contribution >= 0.6 is 0 Å². The third-order valence-corrected chi connectivity index (χ3v) is 3.46. The van der Waals surface area contributed by atoms with Gasteiger partial charge in [0.05, 0.1) is 17.6 Å². The minimum atomic E-state index is -1.35. The number of nitrogens with one attached hydrogen (secondary N) is 2. The zero-order valence-electron chi connectivity index (χ0n) is 12.7. The Kier molecular flexibility index (Phi) is 4.34. The predicted molar refractivity (Wildman–Crippen MR) is 88.2 cm³/mol. The molecule has 0 radical (unpaired) electrons. The van der Waals surface area contributed by atoms with E-state index in [1.165, 1.54) is 18.3 Å². The smallest absolute Gasteiger partial charge is 0.292 e. The lowest BCUT2D eigenvalue weighted by Crippen LogP contribution is -2.24. The Morgan fingerprint density at radius 3 is 2.52 bits per heavy atom. The minimum absolute atomic E-state index is 0.000497. The first-order chi connectivity index (χ1) is 12.1. The van der Waals surface area contributed by atoms with Crippen molar-refractivity contribution in [3.63, 3.8) is 0 Å². The van der Waals surface area contributed by atoms with Gasteiger partial charge in [0, 0.05) is 16.5 Å². The summed E-state index contributed by atoms with van der Waals surface area (Å²) in [6.45, 7) is 0. The number of nitrogens with zero attached hydrogens (tertiary/aromatic N) is 2. The van der Waals surface area contributed by atoms with Crippen LogP contribution in [0.4, 0.5) is 0 Å². The highest BCUT2D eigenvalue weighted by atomic mass is 16.4. The number of carbonyl (C=O) groups excluding carboxylic acids is 2. The van der Waals surface area contributed by atoms with E-state index in [0.29, 0.717) is 10.8 Å². The molecule has 124 valence electrons. The Labute approximate surface area is 140 Å². The van der Waals surface area contributed by atoms with Gasteiger partial charge < -0.3 is 9.90 Å². The summed E-state index contributed by atoms with van der Waals surface area (Å²) < 4.78 is 0. The molecule has 2 N–H and O–H groups in total. The number of hydrogen-bond donors (Lipinski definition) is 2. The number of amides is 1. The van der Waals surface area contributed by atoms with Crippen molar-refractivity contribution in [1.29, 1.82) is 0 Å². The van der Waals surface area contributed by atoms with E-state index < -0.39 is 17.4 Å². The molecule has 0 saturated heterocycles. The molecule has 2 aromatic carbocycles. The van der Waals surface area contributed by atoms with Crippen LogP contribution in [0.5, 0.6) is 0 Å². The average Bonchev–Trinajstić information content (AvgIpc) is 2.62. The summed E-state index contributed by atoms with van der Waals surface area (Å²) in [5.74, 6) is -1.99. The third kappa shape index (κ3) is 3.27. The lowest BCUT2D eigenvalue weighted by Gasteiger charge is -2.06. The van der Waals surface area contributed by atoms with Crippen molar-refractivity contribution in [1.82, 2.24) is 15.6 Å². The minimum Gasteiger partial charge on any atom is -0.545 e. The van der Waals surface area contributed by atoms with Gasteiger partial charge in [-0.1, -0.05) is 42.5 Å². The molecule has 0 atom stereocenters. The van der Waals surface area contributed by atoms with Crippen molar-refractivity contribution in [3.05, 3.63) is 75.7 Å². The van der Waals surface area contributed by atoms with Crippen LogP contribution in [-0.4, -0.2) is 28.3 Å². The molecule has 3 aromatic rings. The molecule has 25 heavy (non-hydrogen) atoms. The zero-order chi connectivity index (χ0) is 17.8. The number of aromatic amines is 1. The molecule has 8 nitrogen and oxygen atoms in total. The van der Waals surface area contributed by atoms with Crippen LogP contribution in [-0.2, 0) is 0 Å². The Morgan fingerprint density at radius 1 is 1.08 bits per heavy atom. The fourth-order valence-electron chi connectivity index (χ4n) is 2.30. The van der Waals surface area contributed by atoms with Gasteiger partial charge in [-0.05, 0) is 6.07 Å². The summed E-state index contributed by atoms with van der Waals surface area (Å²) in [7, 11) is 0. The number of carboxylic acids is 1. The van der Waals surface area contributed by atoms with Crippen molar-refractivity contribution < 1.29 is 14.7 Å². The fraction of sp³-hybridized carbons (Fsp3) is 0. The number of carbonyl (C=O) groups is 2. The standard InChI is InChI=1S/C17H12N4O4/c22-15-13-8-4-3-7-12(13)14(19-21-15)16(23)20-18-9-10-5-1-2-6-11(10)17(24)25/h1-9H,(H,20,23)(H,21,22)(H,24,25)/p-1/b18-9-. The van der Waals surface area contributed by atoms with Gasteiger partial charge in [0.25, 0.3) is 11.5 Å². The summed E-state index contributed by atoms with van der Waals surface area (Å²) >= 11 is 0. The molecule has 0 fully saturated rings. The number of rotatable bonds is 4. The first-order valence-corrected chi connectivity index (χ1v) is 7.19. The maximum absolute atomic E-state index is 12.2. The molecule has 1 amide bonds. The summed E-state index contributed by atoms with van der Waals surface area (Å²) in [6, 6.07) is 12.6. The van der Waals surface area contributed by atoms with Crippen LogP contribution in [0.2, 0.25) is 0 Å². The lowest BCUT2D eigenvalue weighted by molar-refractivity contribution is -0.255. The number of carboxylic acid groups (broad SMARTS) is 1. The van der Waals surface area contributed by atoms with Gasteiger partial charge in [-0.2, -0.15) is 10.2 Å². The Balaban J connectivity index is 1.86. The zero-order valence-corrected chi connectivity index (χ0v) is 12.7. The van der Waals surface area contributed by atoms with E-state index in [9.17, 15) is 19.5 Å². The number of H-pyrrole nitrogens is 1. The summed E-state index contributed by atoms with van der Waals surface area (Å²) in [5.41, 5.74) is 2.09. The van der Waals surface area contributed by atoms with Crippen molar-refractivity contribution in [2.24, 2.45) is 5.10 Å². The molecule has 0 unspecified atom stereocenters. The molecule has 0 aliphatic heterocycles. The average molecular weight is 335 g/mol. The van der Waals surface area contributed by atoms with Gasteiger partial charge in [0.2, 0.25) is 0 Å². The second-order valence-electron chi connectivity index (χ2n) is 5.02. The first-order valence-electron chi connectivity index (χ1n) is 7.19. The molecule has 8 heteroatoms. The van der Waals surface area contributed by atoms with E-state index in [1.54, 1.807) is 36.4 Å². The molecule has 0 spiro atoms. The highest BCUT2D eigenvalue weighted by molar-refractivity contribution is 6.05. The van der Waals surface area contributed by atoms with E-state index >= 15 is 0 Å². The van der Waals surface area contributed by atoms with Gasteiger partial charge in [-0.25, -0.2) is 10.5 Å². The Morgan fingerprint density at radius 2 is 1.76 bits per heavy atom. The molecule has 1 aromatic heterocycles. The van der Waals surface area contributed by atoms with Crippen LogP contribution in [0.3, 0.4) is 0 Å². The summed E-state index contributed by atoms with van der Waals surface area (Å²) in [5, 5.41) is 21.5. The second-order valence-corrected chi connectivity index (χ2v) is 5.02. The van der Waals surface area contributed by atoms with E-state index in [4.69, 9.17) is 0 Å². The predicted octanol–water partition coefficient (Wildman–Crippen LogP) is 0.0505. The SMILES string of the molecule is O=C([O-])c1ccccc1/C=N\NC(=O)c1n[nH]c(=O)c2ccccc12. The highest BCUT2D eigenvalue weighted by Gasteiger charge is 2.13. The topological polar surface area (TPSA) is 127 Å². The number of fused-ring (bicyclic) bond motifs is 1. The van der Waals surface area contributed by atoms with Gasteiger partial charge >= 0.3 is 0 Å². The second kappa shape index (κ2) is 6.75. The number of aromatic carboxylic acids is 1. The molecule has 0 aliphatic rings. The van der Waals surface area contributed by atoms with Gasteiger partial charge in [0.15, 0.2) is 5.69 Å². The normalized spacial score (nSPS) is 10.9. The van der Waals surface area contributed by atoms with Crippen LogP contribution < -0.4 is 16.1 Å². The molecular weight excluding hydrogens is 324 g/mol.